The molecule has 2 heterocycles. The van der Waals surface area contributed by atoms with Gasteiger partial charge in [0.25, 0.3) is 0 Å². The van der Waals surface area contributed by atoms with Crippen molar-refractivity contribution in [3.63, 3.8) is 0 Å². The van der Waals surface area contributed by atoms with Gasteiger partial charge in [0.1, 0.15) is 18.7 Å². The smallest absolute Gasteiger partial charge is 0.318 e. The van der Waals surface area contributed by atoms with Crippen LogP contribution < -0.4 is 9.64 Å². The van der Waals surface area contributed by atoms with E-state index >= 15 is 0 Å². The van der Waals surface area contributed by atoms with Crippen LogP contribution in [0.1, 0.15) is 27.2 Å². The molecule has 1 aliphatic heterocycles. The molecule has 0 bridgehead atoms. The molecule has 1 aromatic heterocycles. The van der Waals surface area contributed by atoms with E-state index in [4.69, 9.17) is 9.47 Å². The third-order valence-corrected chi connectivity index (χ3v) is 4.03. The second-order valence-corrected chi connectivity index (χ2v) is 5.75. The third-order valence-electron chi connectivity index (χ3n) is 4.03. The number of hydrogen-bond donors (Lipinski definition) is 0. The molecule has 0 spiro atoms. The summed E-state index contributed by atoms with van der Waals surface area (Å²) in [5.41, 5.74) is 3.09. The molecule has 7 nitrogen and oxygen atoms in total. The van der Waals surface area contributed by atoms with E-state index in [1.807, 2.05) is 19.1 Å². The lowest BCUT2D eigenvalue weighted by Gasteiger charge is -2.17. The zero-order valence-electron chi connectivity index (χ0n) is 14.2. The number of benzene rings is 1. The Kier molecular flexibility index (Phi) is 5.04. The van der Waals surface area contributed by atoms with E-state index in [0.717, 1.165) is 23.1 Å². The molecule has 3 rings (SSSR count). The fraction of sp³-hybridized carbons (Fsp3) is 0.333. The number of amides is 1. The van der Waals surface area contributed by atoms with Crippen molar-refractivity contribution in [2.45, 2.75) is 19.9 Å². The first-order valence-electron chi connectivity index (χ1n) is 7.96. The van der Waals surface area contributed by atoms with Gasteiger partial charge in [-0.3, -0.25) is 14.5 Å². The zero-order chi connectivity index (χ0) is 17.8. The lowest BCUT2D eigenvalue weighted by Crippen LogP contribution is -2.26. The Hall–Kier alpha value is -2.80. The third kappa shape index (κ3) is 3.66. The second kappa shape index (κ2) is 7.40. The quantitative estimate of drug-likeness (QED) is 0.563. The van der Waals surface area contributed by atoms with Gasteiger partial charge in [-0.05, 0) is 12.5 Å². The number of aryl methyl sites for hydroxylation is 1. The molecule has 0 N–H and O–H groups in total. The van der Waals surface area contributed by atoms with Gasteiger partial charge in [0.05, 0.1) is 25.3 Å². The van der Waals surface area contributed by atoms with Crippen molar-refractivity contribution in [1.82, 2.24) is 9.97 Å². The van der Waals surface area contributed by atoms with E-state index in [0.29, 0.717) is 31.1 Å². The number of methoxy groups -OCH3 is 1. The molecule has 2 aromatic rings. The van der Waals surface area contributed by atoms with Crippen molar-refractivity contribution in [1.29, 1.82) is 0 Å². The Bertz CT molecular complexity index is 790. The molecule has 0 unspecified atom stereocenters. The van der Waals surface area contributed by atoms with Crippen LogP contribution in [0.15, 0.2) is 24.3 Å². The van der Waals surface area contributed by atoms with Gasteiger partial charge in [-0.2, -0.15) is 4.98 Å². The predicted octanol–water partition coefficient (Wildman–Crippen LogP) is 1.71. The molecule has 130 valence electrons. The molecule has 1 aromatic carbocycles. The first-order chi connectivity index (χ1) is 12.1. The Morgan fingerprint density at radius 3 is 2.64 bits per heavy atom. The van der Waals surface area contributed by atoms with E-state index in [1.165, 1.54) is 0 Å². The molecular weight excluding hydrogens is 322 g/mol. The number of aromatic nitrogens is 2. The standard InChI is InChI=1S/C18H19N3O4/c1-12-15-9-16(23)21(10-13-3-5-14(11-22)6-4-13)17(15)20-18(19-12)25-8-7-24-2/h3-6,11H,7-10H2,1-2H3. The first kappa shape index (κ1) is 17.0. The molecule has 7 heteroatoms. The van der Waals surface area contributed by atoms with Gasteiger partial charge in [0, 0.05) is 18.2 Å². The van der Waals surface area contributed by atoms with Crippen molar-refractivity contribution in [2.75, 3.05) is 25.2 Å². The van der Waals surface area contributed by atoms with E-state index in [1.54, 1.807) is 24.1 Å². The van der Waals surface area contributed by atoms with Crippen molar-refractivity contribution in [2.24, 2.45) is 0 Å². The van der Waals surface area contributed by atoms with Gasteiger partial charge in [-0.1, -0.05) is 24.3 Å². The lowest BCUT2D eigenvalue weighted by molar-refractivity contribution is -0.117. The van der Waals surface area contributed by atoms with E-state index < -0.39 is 0 Å². The minimum absolute atomic E-state index is 0.0269. The molecule has 0 aliphatic carbocycles. The fourth-order valence-electron chi connectivity index (χ4n) is 2.68. The van der Waals surface area contributed by atoms with Gasteiger partial charge in [-0.25, -0.2) is 4.98 Å². The molecule has 0 saturated heterocycles. The molecule has 0 radical (unpaired) electrons. The normalized spacial score (nSPS) is 13.0. The SMILES string of the molecule is COCCOc1nc(C)c2c(n1)N(Cc1ccc(C=O)cc1)C(=O)C2. The highest BCUT2D eigenvalue weighted by molar-refractivity contribution is 6.00. The molecule has 25 heavy (non-hydrogen) atoms. The highest BCUT2D eigenvalue weighted by Crippen LogP contribution is 2.31. The Morgan fingerprint density at radius 1 is 1.20 bits per heavy atom. The van der Waals surface area contributed by atoms with Crippen LogP contribution in [0, 0.1) is 6.92 Å². The molecular formula is C18H19N3O4. The summed E-state index contributed by atoms with van der Waals surface area (Å²) < 4.78 is 10.4. The molecule has 1 aliphatic rings. The number of aldehydes is 1. The van der Waals surface area contributed by atoms with Gasteiger partial charge in [-0.15, -0.1) is 0 Å². The Balaban J connectivity index is 1.84. The number of carbonyl (C=O) groups excluding carboxylic acids is 2. The summed E-state index contributed by atoms with van der Waals surface area (Å²) >= 11 is 0. The topological polar surface area (TPSA) is 81.6 Å². The fourth-order valence-corrected chi connectivity index (χ4v) is 2.68. The van der Waals surface area contributed by atoms with Crippen LogP contribution in [-0.2, 0) is 22.5 Å². The molecule has 0 atom stereocenters. The van der Waals surface area contributed by atoms with Crippen LogP contribution in [0.3, 0.4) is 0 Å². The monoisotopic (exact) mass is 341 g/mol. The van der Waals surface area contributed by atoms with Crippen LogP contribution in [0.4, 0.5) is 5.82 Å². The second-order valence-electron chi connectivity index (χ2n) is 5.75. The van der Waals surface area contributed by atoms with E-state index in [2.05, 4.69) is 9.97 Å². The maximum atomic E-state index is 12.4. The molecule has 0 fully saturated rings. The summed E-state index contributed by atoms with van der Waals surface area (Å²) in [6.45, 7) is 3.01. The van der Waals surface area contributed by atoms with Crippen LogP contribution in [0.5, 0.6) is 6.01 Å². The molecule has 0 saturated carbocycles. The van der Waals surface area contributed by atoms with Gasteiger partial charge in [0.15, 0.2) is 0 Å². The van der Waals surface area contributed by atoms with Crippen molar-refractivity contribution in [3.05, 3.63) is 46.6 Å². The van der Waals surface area contributed by atoms with Crippen molar-refractivity contribution >= 4 is 18.0 Å². The highest BCUT2D eigenvalue weighted by atomic mass is 16.5. The number of carbonyl (C=O) groups is 2. The average Bonchev–Trinajstić information content (AvgIpc) is 2.93. The van der Waals surface area contributed by atoms with E-state index in [9.17, 15) is 9.59 Å². The summed E-state index contributed by atoms with van der Waals surface area (Å²) in [6, 6.07) is 7.37. The number of fused-ring (bicyclic) bond motifs is 1. The van der Waals surface area contributed by atoms with Gasteiger partial charge < -0.3 is 9.47 Å². The highest BCUT2D eigenvalue weighted by Gasteiger charge is 2.31. The van der Waals surface area contributed by atoms with Crippen LogP contribution in [-0.4, -0.2) is 42.5 Å². The van der Waals surface area contributed by atoms with Gasteiger partial charge >= 0.3 is 6.01 Å². The Morgan fingerprint density at radius 2 is 1.96 bits per heavy atom. The van der Waals surface area contributed by atoms with Crippen LogP contribution >= 0.6 is 0 Å². The minimum Gasteiger partial charge on any atom is -0.461 e. The Labute approximate surface area is 145 Å². The van der Waals surface area contributed by atoms with Crippen molar-refractivity contribution in [3.8, 4) is 6.01 Å². The maximum absolute atomic E-state index is 12.4. The first-order valence-corrected chi connectivity index (χ1v) is 7.96. The minimum atomic E-state index is -0.0269. The lowest BCUT2D eigenvalue weighted by atomic mass is 10.1. The summed E-state index contributed by atoms with van der Waals surface area (Å²) in [7, 11) is 1.59. The van der Waals surface area contributed by atoms with E-state index in [-0.39, 0.29) is 18.3 Å². The summed E-state index contributed by atoms with van der Waals surface area (Å²) in [5.74, 6) is 0.560. The number of anilines is 1. The maximum Gasteiger partial charge on any atom is 0.318 e. The number of nitrogens with zero attached hydrogens (tertiary/aromatic N) is 3. The van der Waals surface area contributed by atoms with Crippen LogP contribution in [0.2, 0.25) is 0 Å². The number of hydrogen-bond acceptors (Lipinski definition) is 6. The van der Waals surface area contributed by atoms with Gasteiger partial charge in [0.2, 0.25) is 5.91 Å². The zero-order valence-corrected chi connectivity index (χ0v) is 14.2. The largest absolute Gasteiger partial charge is 0.461 e. The summed E-state index contributed by atoms with van der Waals surface area (Å²) in [4.78, 5) is 33.5. The number of ether oxygens (including phenoxy) is 2. The van der Waals surface area contributed by atoms with Crippen LogP contribution in [0.25, 0.3) is 0 Å². The van der Waals surface area contributed by atoms with Crippen molar-refractivity contribution < 1.29 is 19.1 Å². The number of rotatable bonds is 7. The predicted molar refractivity (Wildman–Crippen MR) is 90.9 cm³/mol. The summed E-state index contributed by atoms with van der Waals surface area (Å²) in [5, 5.41) is 0. The molecule has 1 amide bonds. The summed E-state index contributed by atoms with van der Waals surface area (Å²) in [6.07, 6.45) is 1.08. The average molecular weight is 341 g/mol.